The summed E-state index contributed by atoms with van der Waals surface area (Å²) in [4.78, 5) is 0. The minimum Gasteiger partial charge on any atom is -0.243 e. The van der Waals surface area contributed by atoms with E-state index in [-0.39, 0.29) is 0 Å². The molecule has 0 saturated heterocycles. The maximum atomic E-state index is 4.14. The van der Waals surface area contributed by atoms with Gasteiger partial charge in [-0.3, -0.25) is 0 Å². The van der Waals surface area contributed by atoms with E-state index in [0.29, 0.717) is 0 Å². The van der Waals surface area contributed by atoms with E-state index in [1.807, 2.05) is 66.0 Å². The van der Waals surface area contributed by atoms with Crippen LogP contribution in [0, 0.1) is 0 Å². The van der Waals surface area contributed by atoms with Gasteiger partial charge >= 0.3 is 7.55 Å². The summed E-state index contributed by atoms with van der Waals surface area (Å²) in [7, 11) is 1.91. The summed E-state index contributed by atoms with van der Waals surface area (Å²) in [5, 5.41) is 7.25. The van der Waals surface area contributed by atoms with Crippen LogP contribution in [-0.4, -0.2) is 27.0 Å². The van der Waals surface area contributed by atoms with E-state index >= 15 is 0 Å². The molecule has 0 aromatic carbocycles. The van der Waals surface area contributed by atoms with Gasteiger partial charge in [-0.2, -0.15) is 14.8 Å². The number of H-pyrrole nitrogens is 1. The molecule has 17 heavy (non-hydrogen) atoms. The first-order valence-electron chi connectivity index (χ1n) is 5.35. The average Bonchev–Trinajstić information content (AvgIpc) is 3.04. The van der Waals surface area contributed by atoms with Crippen LogP contribution in [0.2, 0.25) is 0 Å². The van der Waals surface area contributed by atoms with Crippen molar-refractivity contribution in [1.82, 2.24) is 19.5 Å². The van der Waals surface area contributed by atoms with Gasteiger partial charge < -0.3 is 0 Å². The van der Waals surface area contributed by atoms with Gasteiger partial charge in [-0.25, -0.2) is 4.59 Å². The number of rotatable bonds is 4. The molecule has 0 spiro atoms. The van der Waals surface area contributed by atoms with Crippen LogP contribution >= 0.6 is 0 Å². The summed E-state index contributed by atoms with van der Waals surface area (Å²) in [6, 6.07) is 5.85. The minimum absolute atomic E-state index is 0.720. The maximum absolute atomic E-state index is 4.14. The highest BCUT2D eigenvalue weighted by atomic mass is 15.5. The summed E-state index contributed by atoms with van der Waals surface area (Å²) in [6.45, 7) is 0.720. The predicted octanol–water partition coefficient (Wildman–Crippen LogP) is -0.976. The molecule has 0 aliphatic rings. The third-order valence-corrected chi connectivity index (χ3v) is 2.45. The zero-order chi connectivity index (χ0) is 11.5. The largest absolute Gasteiger partial charge is 0.743 e. The second kappa shape index (κ2) is 4.29. The maximum Gasteiger partial charge on any atom is 0.743 e. The van der Waals surface area contributed by atoms with Crippen LogP contribution in [0.4, 0.5) is 0 Å². The molecule has 1 radical (unpaired) electrons. The van der Waals surface area contributed by atoms with E-state index in [9.17, 15) is 0 Å². The number of hydrogen-bond donors (Lipinski definition) is 1. The molecule has 0 bridgehead atoms. The highest BCUT2D eigenvalue weighted by molar-refractivity contribution is 6.21. The van der Waals surface area contributed by atoms with Gasteiger partial charge in [0.15, 0.2) is 12.4 Å². The van der Waals surface area contributed by atoms with Crippen molar-refractivity contribution in [2.75, 3.05) is 0 Å². The topological polar surface area (TPSA) is 46.3 Å². The number of aromatic nitrogens is 6. The molecule has 3 aromatic heterocycles. The van der Waals surface area contributed by atoms with Gasteiger partial charge in [0, 0.05) is 24.5 Å². The Morgan fingerprint density at radius 1 is 1.18 bits per heavy atom. The van der Waals surface area contributed by atoms with Crippen molar-refractivity contribution in [2.45, 2.75) is 6.67 Å². The van der Waals surface area contributed by atoms with Crippen molar-refractivity contribution in [3.63, 3.8) is 0 Å². The SMILES string of the molecule is [B](n1cccn1)[n+]1cccn1C[n+]1ccc[nH]1. The third kappa shape index (κ3) is 2.12. The van der Waals surface area contributed by atoms with Crippen LogP contribution in [0.25, 0.3) is 0 Å². The van der Waals surface area contributed by atoms with E-state index in [1.165, 1.54) is 0 Å². The molecule has 0 aliphatic heterocycles. The minimum atomic E-state index is 0.720. The predicted molar refractivity (Wildman–Crippen MR) is 59.8 cm³/mol. The number of nitrogens with zero attached hydrogens (tertiary/aromatic N) is 5. The Hall–Kier alpha value is -2.31. The van der Waals surface area contributed by atoms with Crippen LogP contribution in [0.5, 0.6) is 0 Å². The summed E-state index contributed by atoms with van der Waals surface area (Å²) in [6.07, 6.45) is 11.5. The molecule has 1 N–H and O–H groups in total. The fraction of sp³-hybridized carbons (Fsp3) is 0.100. The number of nitrogens with one attached hydrogen (secondary N) is 1. The zero-order valence-electron chi connectivity index (χ0n) is 9.22. The molecule has 3 heterocycles. The molecule has 6 nitrogen and oxygen atoms in total. The fourth-order valence-electron chi connectivity index (χ4n) is 1.66. The second-order valence-electron chi connectivity index (χ2n) is 3.66. The smallest absolute Gasteiger partial charge is 0.243 e. The average molecular weight is 227 g/mol. The van der Waals surface area contributed by atoms with Crippen molar-refractivity contribution >= 4 is 7.55 Å². The van der Waals surface area contributed by atoms with Crippen LogP contribution in [-0.2, 0) is 6.67 Å². The van der Waals surface area contributed by atoms with E-state index in [2.05, 4.69) is 14.9 Å². The van der Waals surface area contributed by atoms with Crippen molar-refractivity contribution in [3.05, 3.63) is 55.4 Å². The normalized spacial score (nSPS) is 10.6. The Bertz CT molecular complexity index is 517. The lowest BCUT2D eigenvalue weighted by Crippen LogP contribution is -2.55. The van der Waals surface area contributed by atoms with Crippen LogP contribution in [0.3, 0.4) is 0 Å². The van der Waals surface area contributed by atoms with Gasteiger partial charge in [0.05, 0.1) is 12.4 Å². The summed E-state index contributed by atoms with van der Waals surface area (Å²) in [5.41, 5.74) is 0. The molecule has 0 aliphatic carbocycles. The first-order valence-corrected chi connectivity index (χ1v) is 5.35. The molecular formula is C10H12BN6+2. The monoisotopic (exact) mass is 227 g/mol. The molecule has 0 fully saturated rings. The Morgan fingerprint density at radius 3 is 2.94 bits per heavy atom. The van der Waals surface area contributed by atoms with Crippen LogP contribution in [0.15, 0.2) is 55.4 Å². The van der Waals surface area contributed by atoms with Gasteiger partial charge in [-0.15, -0.1) is 4.68 Å². The van der Waals surface area contributed by atoms with Crippen molar-refractivity contribution in [3.8, 4) is 0 Å². The fourth-order valence-corrected chi connectivity index (χ4v) is 1.66. The van der Waals surface area contributed by atoms with Gasteiger partial charge in [0.25, 0.3) is 6.67 Å². The molecular weight excluding hydrogens is 215 g/mol. The lowest BCUT2D eigenvalue weighted by atomic mass is 10.2. The molecule has 7 heteroatoms. The van der Waals surface area contributed by atoms with E-state index in [4.69, 9.17) is 0 Å². The van der Waals surface area contributed by atoms with Gasteiger partial charge in [-0.05, 0) is 6.07 Å². The van der Waals surface area contributed by atoms with E-state index < -0.39 is 0 Å². The van der Waals surface area contributed by atoms with E-state index in [1.54, 1.807) is 10.8 Å². The van der Waals surface area contributed by atoms with Crippen LogP contribution < -0.4 is 9.27 Å². The Labute approximate surface area is 99.0 Å². The Kier molecular flexibility index (Phi) is 2.49. The Balaban J connectivity index is 1.79. The van der Waals surface area contributed by atoms with E-state index in [0.717, 1.165) is 6.67 Å². The summed E-state index contributed by atoms with van der Waals surface area (Å²) < 4.78 is 7.77. The van der Waals surface area contributed by atoms with Gasteiger partial charge in [0.2, 0.25) is 0 Å². The number of hydrogen-bond acceptors (Lipinski definition) is 1. The molecule has 83 valence electrons. The first-order chi connectivity index (χ1) is 8.42. The van der Waals surface area contributed by atoms with Gasteiger partial charge in [0.1, 0.15) is 0 Å². The van der Waals surface area contributed by atoms with Crippen molar-refractivity contribution in [2.24, 2.45) is 0 Å². The molecule has 0 unspecified atom stereocenters. The summed E-state index contributed by atoms with van der Waals surface area (Å²) in [5.74, 6) is 0. The highest BCUT2D eigenvalue weighted by Gasteiger charge is 2.18. The summed E-state index contributed by atoms with van der Waals surface area (Å²) >= 11 is 0. The zero-order valence-corrected chi connectivity index (χ0v) is 9.22. The molecule has 0 saturated carbocycles. The quantitative estimate of drug-likeness (QED) is 0.452. The molecule has 0 amide bonds. The van der Waals surface area contributed by atoms with Crippen molar-refractivity contribution < 1.29 is 9.27 Å². The van der Waals surface area contributed by atoms with Gasteiger partial charge in [-0.1, -0.05) is 4.68 Å². The molecule has 0 atom stereocenters. The lowest BCUT2D eigenvalue weighted by molar-refractivity contribution is -0.790. The lowest BCUT2D eigenvalue weighted by Gasteiger charge is -1.96. The Morgan fingerprint density at radius 2 is 2.18 bits per heavy atom. The van der Waals surface area contributed by atoms with Crippen LogP contribution in [0.1, 0.15) is 0 Å². The highest BCUT2D eigenvalue weighted by Crippen LogP contribution is 1.82. The number of aromatic amines is 1. The van der Waals surface area contributed by atoms with Crippen molar-refractivity contribution in [1.29, 1.82) is 0 Å². The third-order valence-electron chi connectivity index (χ3n) is 2.45. The molecule has 3 aromatic rings. The second-order valence-corrected chi connectivity index (χ2v) is 3.66. The first kappa shape index (κ1) is 9.89. The molecule has 3 rings (SSSR count). The standard InChI is InChI=1S/C10H11BN6/c1-4-12-14(6-1)10-15-7-3-9-17(15)11-16-8-2-5-13-16/h1-9H,10H2/q+1/p+1.